The summed E-state index contributed by atoms with van der Waals surface area (Å²) in [6.45, 7) is 3.09. The van der Waals surface area contributed by atoms with Crippen molar-refractivity contribution in [2.75, 3.05) is 27.2 Å². The van der Waals surface area contributed by atoms with Gasteiger partial charge >= 0.3 is 0 Å². The molecule has 1 heterocycles. The molecular formula is C13H18N2S. The Morgan fingerprint density at radius 2 is 2.06 bits per heavy atom. The van der Waals surface area contributed by atoms with E-state index >= 15 is 0 Å². The van der Waals surface area contributed by atoms with Gasteiger partial charge in [0.1, 0.15) is 0 Å². The van der Waals surface area contributed by atoms with Crippen LogP contribution in [0.1, 0.15) is 5.56 Å². The average Bonchev–Trinajstić information content (AvgIpc) is 2.68. The molecule has 1 N–H and O–H groups in total. The van der Waals surface area contributed by atoms with Gasteiger partial charge in [-0.15, -0.1) is 11.3 Å². The molecule has 0 radical (unpaired) electrons. The molecule has 1 aromatic carbocycles. The molecule has 2 aromatic rings. The van der Waals surface area contributed by atoms with Crippen LogP contribution in [0.5, 0.6) is 0 Å². The first-order valence-electron chi connectivity index (χ1n) is 5.58. The molecule has 86 valence electrons. The van der Waals surface area contributed by atoms with Gasteiger partial charge in [-0.05, 0) is 36.5 Å². The van der Waals surface area contributed by atoms with E-state index in [0.717, 1.165) is 19.6 Å². The quantitative estimate of drug-likeness (QED) is 0.800. The lowest BCUT2D eigenvalue weighted by molar-refractivity contribution is 0.400. The fourth-order valence-electron chi connectivity index (χ4n) is 1.70. The highest BCUT2D eigenvalue weighted by molar-refractivity contribution is 7.17. The summed E-state index contributed by atoms with van der Waals surface area (Å²) in [5.41, 5.74) is 1.42. The van der Waals surface area contributed by atoms with Gasteiger partial charge in [0.2, 0.25) is 0 Å². The Morgan fingerprint density at radius 1 is 1.25 bits per heavy atom. The summed E-state index contributed by atoms with van der Waals surface area (Å²) >= 11 is 1.83. The smallest absolute Gasteiger partial charge is 0.0346 e. The van der Waals surface area contributed by atoms with Gasteiger partial charge in [-0.1, -0.05) is 18.2 Å². The first kappa shape index (κ1) is 11.6. The second-order valence-corrected chi connectivity index (χ2v) is 5.15. The van der Waals surface area contributed by atoms with Crippen molar-refractivity contribution in [3.05, 3.63) is 35.2 Å². The molecule has 1 aromatic heterocycles. The number of nitrogens with one attached hydrogen (secondary N) is 1. The predicted molar refractivity (Wildman–Crippen MR) is 72.1 cm³/mol. The van der Waals surface area contributed by atoms with Gasteiger partial charge in [0, 0.05) is 24.3 Å². The minimum Gasteiger partial charge on any atom is -0.311 e. The van der Waals surface area contributed by atoms with Crippen LogP contribution in [0, 0.1) is 0 Å². The number of thiophene rings is 1. The summed E-state index contributed by atoms with van der Waals surface area (Å²) in [4.78, 5) is 2.19. The Balaban J connectivity index is 1.94. The number of hydrogen-bond donors (Lipinski definition) is 1. The van der Waals surface area contributed by atoms with Crippen molar-refractivity contribution in [1.82, 2.24) is 10.2 Å². The molecule has 16 heavy (non-hydrogen) atoms. The van der Waals surface area contributed by atoms with E-state index in [-0.39, 0.29) is 0 Å². The van der Waals surface area contributed by atoms with E-state index in [0.29, 0.717) is 0 Å². The SMILES string of the molecule is CN(C)CCNCc1csc2ccccc12. The lowest BCUT2D eigenvalue weighted by Gasteiger charge is -2.09. The molecule has 0 aliphatic rings. The minimum atomic E-state index is 0.970. The van der Waals surface area contributed by atoms with Crippen molar-refractivity contribution in [2.24, 2.45) is 0 Å². The third-order valence-corrected chi connectivity index (χ3v) is 3.62. The molecule has 2 nitrogen and oxygen atoms in total. The molecule has 0 bridgehead atoms. The maximum atomic E-state index is 3.48. The Bertz CT molecular complexity index is 448. The van der Waals surface area contributed by atoms with Crippen molar-refractivity contribution in [3.63, 3.8) is 0 Å². The highest BCUT2D eigenvalue weighted by Crippen LogP contribution is 2.25. The number of fused-ring (bicyclic) bond motifs is 1. The first-order chi connectivity index (χ1) is 7.77. The topological polar surface area (TPSA) is 15.3 Å². The molecule has 0 aliphatic carbocycles. The maximum absolute atomic E-state index is 3.48. The molecule has 0 saturated heterocycles. The summed E-state index contributed by atoms with van der Waals surface area (Å²) in [7, 11) is 4.20. The van der Waals surface area contributed by atoms with Gasteiger partial charge in [0.15, 0.2) is 0 Å². The Labute approximate surface area is 101 Å². The van der Waals surface area contributed by atoms with E-state index in [9.17, 15) is 0 Å². The van der Waals surface area contributed by atoms with Crippen LogP contribution in [0.15, 0.2) is 29.6 Å². The summed E-state index contributed by atoms with van der Waals surface area (Å²) in [5.74, 6) is 0. The standard InChI is InChI=1S/C13H18N2S/c1-15(2)8-7-14-9-11-10-16-13-6-4-3-5-12(11)13/h3-6,10,14H,7-9H2,1-2H3. The van der Waals surface area contributed by atoms with Crippen molar-refractivity contribution >= 4 is 21.4 Å². The third-order valence-electron chi connectivity index (χ3n) is 2.61. The van der Waals surface area contributed by atoms with Crippen LogP contribution in [0.25, 0.3) is 10.1 Å². The molecule has 0 atom stereocenters. The van der Waals surface area contributed by atoms with Crippen molar-refractivity contribution < 1.29 is 0 Å². The van der Waals surface area contributed by atoms with E-state index in [2.05, 4.69) is 54.0 Å². The fourth-order valence-corrected chi connectivity index (χ4v) is 2.66. The van der Waals surface area contributed by atoms with E-state index in [1.807, 2.05) is 11.3 Å². The highest BCUT2D eigenvalue weighted by Gasteiger charge is 2.02. The van der Waals surface area contributed by atoms with Gasteiger partial charge in [-0.2, -0.15) is 0 Å². The zero-order valence-electron chi connectivity index (χ0n) is 9.86. The number of rotatable bonds is 5. The zero-order chi connectivity index (χ0) is 11.4. The van der Waals surface area contributed by atoms with Crippen molar-refractivity contribution in [3.8, 4) is 0 Å². The second-order valence-electron chi connectivity index (χ2n) is 4.24. The van der Waals surface area contributed by atoms with E-state index < -0.39 is 0 Å². The summed E-state index contributed by atoms with van der Waals surface area (Å²) in [6.07, 6.45) is 0. The van der Waals surface area contributed by atoms with Gasteiger partial charge in [0.25, 0.3) is 0 Å². The molecule has 2 rings (SSSR count). The van der Waals surface area contributed by atoms with Gasteiger partial charge in [-0.25, -0.2) is 0 Å². The lowest BCUT2D eigenvalue weighted by Crippen LogP contribution is -2.26. The van der Waals surface area contributed by atoms with Crippen molar-refractivity contribution in [1.29, 1.82) is 0 Å². The first-order valence-corrected chi connectivity index (χ1v) is 6.46. The Kier molecular flexibility index (Phi) is 3.93. The average molecular weight is 234 g/mol. The number of benzene rings is 1. The zero-order valence-corrected chi connectivity index (χ0v) is 10.7. The van der Waals surface area contributed by atoms with Gasteiger partial charge in [0.05, 0.1) is 0 Å². The molecule has 3 heteroatoms. The van der Waals surface area contributed by atoms with Crippen LogP contribution in [-0.4, -0.2) is 32.1 Å². The summed E-state index contributed by atoms with van der Waals surface area (Å²) in [6, 6.07) is 8.60. The molecule has 0 amide bonds. The molecule has 0 fully saturated rings. The van der Waals surface area contributed by atoms with E-state index in [1.165, 1.54) is 15.6 Å². The molecule has 0 spiro atoms. The number of likely N-dealkylation sites (N-methyl/N-ethyl adjacent to an activating group) is 1. The van der Waals surface area contributed by atoms with E-state index in [4.69, 9.17) is 0 Å². The monoisotopic (exact) mass is 234 g/mol. The Morgan fingerprint density at radius 3 is 2.88 bits per heavy atom. The van der Waals surface area contributed by atoms with Crippen LogP contribution < -0.4 is 5.32 Å². The van der Waals surface area contributed by atoms with Crippen LogP contribution in [0.3, 0.4) is 0 Å². The highest BCUT2D eigenvalue weighted by atomic mass is 32.1. The maximum Gasteiger partial charge on any atom is 0.0346 e. The van der Waals surface area contributed by atoms with Crippen LogP contribution >= 0.6 is 11.3 Å². The fraction of sp³-hybridized carbons (Fsp3) is 0.385. The molecule has 0 aliphatic heterocycles. The van der Waals surface area contributed by atoms with Crippen LogP contribution in [0.4, 0.5) is 0 Å². The predicted octanol–water partition coefficient (Wildman–Crippen LogP) is 2.55. The molecular weight excluding hydrogens is 216 g/mol. The van der Waals surface area contributed by atoms with Crippen molar-refractivity contribution in [2.45, 2.75) is 6.54 Å². The molecule has 0 saturated carbocycles. The largest absolute Gasteiger partial charge is 0.311 e. The normalized spacial score (nSPS) is 11.4. The Hall–Kier alpha value is -0.900. The van der Waals surface area contributed by atoms with Gasteiger partial charge < -0.3 is 10.2 Å². The summed E-state index contributed by atoms with van der Waals surface area (Å²) in [5, 5.41) is 7.13. The van der Waals surface area contributed by atoms with Crippen LogP contribution in [0.2, 0.25) is 0 Å². The summed E-state index contributed by atoms with van der Waals surface area (Å²) < 4.78 is 1.38. The van der Waals surface area contributed by atoms with E-state index in [1.54, 1.807) is 0 Å². The second kappa shape index (κ2) is 5.43. The number of nitrogens with zero attached hydrogens (tertiary/aromatic N) is 1. The molecule has 0 unspecified atom stereocenters. The third kappa shape index (κ3) is 2.82. The number of hydrogen-bond acceptors (Lipinski definition) is 3. The van der Waals surface area contributed by atoms with Gasteiger partial charge in [-0.3, -0.25) is 0 Å². The van der Waals surface area contributed by atoms with Crippen LogP contribution in [-0.2, 0) is 6.54 Å². The lowest BCUT2D eigenvalue weighted by atomic mass is 10.2. The minimum absolute atomic E-state index is 0.970.